The summed E-state index contributed by atoms with van der Waals surface area (Å²) in [6, 6.07) is 5.70. The lowest BCUT2D eigenvalue weighted by molar-refractivity contribution is 0.172. The van der Waals surface area contributed by atoms with E-state index in [4.69, 9.17) is 0 Å². The van der Waals surface area contributed by atoms with Crippen molar-refractivity contribution in [1.29, 1.82) is 0 Å². The van der Waals surface area contributed by atoms with Crippen molar-refractivity contribution in [2.24, 2.45) is 5.92 Å². The van der Waals surface area contributed by atoms with Crippen LogP contribution >= 0.6 is 0 Å². The van der Waals surface area contributed by atoms with Crippen LogP contribution in [0.3, 0.4) is 0 Å². The first-order valence-electron chi connectivity index (χ1n) is 8.31. The first-order valence-corrected chi connectivity index (χ1v) is 9.75. The Morgan fingerprint density at radius 1 is 1.05 bits per heavy atom. The molecular formula is C17H26N2O2S. The molecule has 0 atom stereocenters. The maximum Gasteiger partial charge on any atom is 0.243 e. The number of hydrogen-bond acceptors (Lipinski definition) is 3. The second-order valence-corrected chi connectivity index (χ2v) is 8.82. The predicted octanol–water partition coefficient (Wildman–Crippen LogP) is 2.14. The molecule has 1 fully saturated rings. The van der Waals surface area contributed by atoms with Crippen molar-refractivity contribution in [3.63, 3.8) is 0 Å². The highest BCUT2D eigenvalue weighted by Gasteiger charge is 2.29. The Balaban J connectivity index is 1.71. The molecule has 1 aliphatic heterocycles. The van der Waals surface area contributed by atoms with Gasteiger partial charge in [0.1, 0.15) is 0 Å². The maximum atomic E-state index is 12.8. The van der Waals surface area contributed by atoms with Crippen molar-refractivity contribution in [2.75, 3.05) is 32.7 Å². The van der Waals surface area contributed by atoms with E-state index >= 15 is 0 Å². The molecule has 0 amide bonds. The molecule has 0 spiro atoms. The molecule has 22 heavy (non-hydrogen) atoms. The van der Waals surface area contributed by atoms with Crippen LogP contribution in [0.5, 0.6) is 0 Å². The molecule has 5 heteroatoms. The minimum atomic E-state index is -3.33. The maximum absolute atomic E-state index is 12.8. The third kappa shape index (κ3) is 3.21. The number of aryl methyl sites for hydroxylation is 2. The average Bonchev–Trinajstić information content (AvgIpc) is 2.94. The molecule has 0 N–H and O–H groups in total. The molecule has 0 bridgehead atoms. The lowest BCUT2D eigenvalue weighted by Gasteiger charge is -2.34. The Morgan fingerprint density at radius 2 is 1.73 bits per heavy atom. The summed E-state index contributed by atoms with van der Waals surface area (Å²) in [6.45, 7) is 8.33. The summed E-state index contributed by atoms with van der Waals surface area (Å²) in [5.74, 6) is 0.625. The van der Waals surface area contributed by atoms with Crippen molar-refractivity contribution >= 4 is 10.0 Å². The van der Waals surface area contributed by atoms with E-state index in [-0.39, 0.29) is 0 Å². The zero-order chi connectivity index (χ0) is 15.7. The van der Waals surface area contributed by atoms with Crippen LogP contribution in [-0.2, 0) is 22.9 Å². The van der Waals surface area contributed by atoms with Crippen LogP contribution in [0.25, 0.3) is 0 Å². The van der Waals surface area contributed by atoms with Gasteiger partial charge >= 0.3 is 0 Å². The van der Waals surface area contributed by atoms with Gasteiger partial charge in [0.05, 0.1) is 4.90 Å². The lowest BCUT2D eigenvalue weighted by atomic mass is 10.1. The van der Waals surface area contributed by atoms with Gasteiger partial charge in [-0.2, -0.15) is 4.31 Å². The van der Waals surface area contributed by atoms with Crippen LogP contribution in [-0.4, -0.2) is 50.3 Å². The van der Waals surface area contributed by atoms with E-state index in [0.29, 0.717) is 23.9 Å². The monoisotopic (exact) mass is 322 g/mol. The van der Waals surface area contributed by atoms with Gasteiger partial charge in [-0.3, -0.25) is 0 Å². The first kappa shape index (κ1) is 16.0. The van der Waals surface area contributed by atoms with Gasteiger partial charge in [0.25, 0.3) is 0 Å². The third-order valence-corrected chi connectivity index (χ3v) is 6.56. The van der Waals surface area contributed by atoms with E-state index < -0.39 is 10.0 Å². The van der Waals surface area contributed by atoms with Crippen LogP contribution < -0.4 is 0 Å². The number of fused-ring (bicyclic) bond motifs is 1. The predicted molar refractivity (Wildman–Crippen MR) is 88.5 cm³/mol. The fourth-order valence-electron chi connectivity index (χ4n) is 3.53. The average molecular weight is 322 g/mol. The lowest BCUT2D eigenvalue weighted by Crippen LogP contribution is -2.49. The van der Waals surface area contributed by atoms with Crippen molar-refractivity contribution in [2.45, 2.75) is 38.0 Å². The third-order valence-electron chi connectivity index (χ3n) is 4.66. The van der Waals surface area contributed by atoms with Gasteiger partial charge in [0.15, 0.2) is 0 Å². The number of hydrogen-bond donors (Lipinski definition) is 0. The summed E-state index contributed by atoms with van der Waals surface area (Å²) in [5, 5.41) is 0. The summed E-state index contributed by atoms with van der Waals surface area (Å²) in [4.78, 5) is 2.84. The summed E-state index contributed by atoms with van der Waals surface area (Å²) < 4.78 is 27.3. The highest BCUT2D eigenvalue weighted by atomic mass is 32.2. The fourth-order valence-corrected chi connectivity index (χ4v) is 5.00. The molecule has 1 heterocycles. The first-order chi connectivity index (χ1) is 10.5. The molecule has 1 aromatic rings. The molecule has 0 radical (unpaired) electrons. The van der Waals surface area contributed by atoms with Crippen LogP contribution in [0.2, 0.25) is 0 Å². The van der Waals surface area contributed by atoms with Crippen LogP contribution in [0.1, 0.15) is 31.4 Å². The molecule has 0 saturated carbocycles. The topological polar surface area (TPSA) is 40.6 Å². The normalized spacial score (nSPS) is 20.5. The molecular weight excluding hydrogens is 296 g/mol. The van der Waals surface area contributed by atoms with Gasteiger partial charge in [0, 0.05) is 32.7 Å². The quantitative estimate of drug-likeness (QED) is 0.853. The molecule has 0 aromatic heterocycles. The fraction of sp³-hybridized carbons (Fsp3) is 0.647. The Morgan fingerprint density at radius 3 is 2.41 bits per heavy atom. The smallest absolute Gasteiger partial charge is 0.243 e. The molecule has 1 saturated heterocycles. The largest absolute Gasteiger partial charge is 0.300 e. The molecule has 3 rings (SSSR count). The number of piperazine rings is 1. The Bertz CT molecular complexity index is 632. The second kappa shape index (κ2) is 6.30. The molecule has 1 aliphatic carbocycles. The molecule has 0 unspecified atom stereocenters. The van der Waals surface area contributed by atoms with E-state index in [9.17, 15) is 8.42 Å². The summed E-state index contributed by atoms with van der Waals surface area (Å²) in [7, 11) is -3.33. The molecule has 122 valence electrons. The highest BCUT2D eigenvalue weighted by molar-refractivity contribution is 7.89. The van der Waals surface area contributed by atoms with E-state index in [1.807, 2.05) is 12.1 Å². The number of rotatable bonds is 4. The van der Waals surface area contributed by atoms with Gasteiger partial charge in [-0.25, -0.2) is 8.42 Å². The molecule has 2 aliphatic rings. The van der Waals surface area contributed by atoms with Crippen molar-refractivity contribution in [1.82, 2.24) is 9.21 Å². The van der Waals surface area contributed by atoms with Crippen LogP contribution in [0.15, 0.2) is 23.1 Å². The number of sulfonamides is 1. The van der Waals surface area contributed by atoms with Crippen molar-refractivity contribution in [3.8, 4) is 0 Å². The number of nitrogens with zero attached hydrogens (tertiary/aromatic N) is 2. The zero-order valence-electron chi connectivity index (χ0n) is 13.6. The van der Waals surface area contributed by atoms with Gasteiger partial charge in [0.2, 0.25) is 10.0 Å². The van der Waals surface area contributed by atoms with Gasteiger partial charge < -0.3 is 4.90 Å². The van der Waals surface area contributed by atoms with Crippen molar-refractivity contribution < 1.29 is 8.42 Å². The van der Waals surface area contributed by atoms with E-state index in [1.54, 1.807) is 10.4 Å². The van der Waals surface area contributed by atoms with Gasteiger partial charge in [-0.05, 0) is 48.4 Å². The zero-order valence-corrected chi connectivity index (χ0v) is 14.4. The Hall–Kier alpha value is -0.910. The number of benzene rings is 1. The minimum absolute atomic E-state index is 0.477. The summed E-state index contributed by atoms with van der Waals surface area (Å²) in [5.41, 5.74) is 2.54. The van der Waals surface area contributed by atoms with Crippen LogP contribution in [0, 0.1) is 5.92 Å². The molecule has 1 aromatic carbocycles. The van der Waals surface area contributed by atoms with E-state index in [2.05, 4.69) is 18.7 Å². The van der Waals surface area contributed by atoms with Gasteiger partial charge in [-0.15, -0.1) is 0 Å². The second-order valence-electron chi connectivity index (χ2n) is 6.88. The SMILES string of the molecule is CC(C)CN1CCN(S(=O)(=O)c2ccc3c(c2)CCC3)CC1. The minimum Gasteiger partial charge on any atom is -0.300 e. The Kier molecular flexibility index (Phi) is 4.57. The molecule has 4 nitrogen and oxygen atoms in total. The van der Waals surface area contributed by atoms with Gasteiger partial charge in [-0.1, -0.05) is 19.9 Å². The van der Waals surface area contributed by atoms with Crippen LogP contribution in [0.4, 0.5) is 0 Å². The van der Waals surface area contributed by atoms with E-state index in [1.165, 1.54) is 11.1 Å². The Labute approximate surface area is 134 Å². The standard InChI is InChI=1S/C17H26N2O2S/c1-14(2)13-18-8-10-19(11-9-18)22(20,21)17-7-6-15-4-3-5-16(15)12-17/h6-7,12,14H,3-5,8-11,13H2,1-2H3. The van der Waals surface area contributed by atoms with E-state index in [0.717, 1.165) is 38.9 Å². The van der Waals surface area contributed by atoms with Crippen molar-refractivity contribution in [3.05, 3.63) is 29.3 Å². The summed E-state index contributed by atoms with van der Waals surface area (Å²) in [6.07, 6.45) is 3.25. The highest BCUT2D eigenvalue weighted by Crippen LogP contribution is 2.26. The summed E-state index contributed by atoms with van der Waals surface area (Å²) >= 11 is 0.